The van der Waals surface area contributed by atoms with Crippen molar-refractivity contribution < 1.29 is 9.53 Å². The molecule has 1 saturated heterocycles. The Morgan fingerprint density at radius 3 is 2.90 bits per heavy atom. The standard InChI is InChI=1S/C15H22N2O2S/c1-10-7-14(19-3)11(2)6-12(10)4-5-16-15(18)13-8-20-9-17-13/h6-7,13,17H,4-5,8-9H2,1-3H3,(H,16,18). The van der Waals surface area contributed by atoms with Crippen molar-refractivity contribution in [1.82, 2.24) is 10.6 Å². The van der Waals surface area contributed by atoms with Crippen LogP contribution in [0.5, 0.6) is 5.75 Å². The number of carbonyl (C=O) groups is 1. The van der Waals surface area contributed by atoms with Crippen LogP contribution in [-0.2, 0) is 11.2 Å². The fourth-order valence-electron chi connectivity index (χ4n) is 2.35. The molecule has 0 aliphatic carbocycles. The van der Waals surface area contributed by atoms with E-state index in [0.29, 0.717) is 6.54 Å². The van der Waals surface area contributed by atoms with E-state index in [0.717, 1.165) is 29.4 Å². The van der Waals surface area contributed by atoms with Crippen LogP contribution in [0.3, 0.4) is 0 Å². The Bertz CT molecular complexity index is 485. The number of nitrogens with one attached hydrogen (secondary N) is 2. The highest BCUT2D eigenvalue weighted by Crippen LogP contribution is 2.22. The van der Waals surface area contributed by atoms with Gasteiger partial charge in [-0.05, 0) is 43.0 Å². The highest BCUT2D eigenvalue weighted by molar-refractivity contribution is 7.99. The van der Waals surface area contributed by atoms with Gasteiger partial charge in [-0.1, -0.05) is 6.07 Å². The summed E-state index contributed by atoms with van der Waals surface area (Å²) in [6, 6.07) is 4.17. The smallest absolute Gasteiger partial charge is 0.238 e. The van der Waals surface area contributed by atoms with Crippen molar-refractivity contribution in [3.8, 4) is 5.75 Å². The molecule has 0 spiro atoms. The average molecular weight is 294 g/mol. The number of methoxy groups -OCH3 is 1. The van der Waals surface area contributed by atoms with Gasteiger partial charge in [0.1, 0.15) is 5.75 Å². The number of carbonyl (C=O) groups excluding carboxylic acids is 1. The van der Waals surface area contributed by atoms with E-state index in [4.69, 9.17) is 4.74 Å². The van der Waals surface area contributed by atoms with Crippen molar-refractivity contribution in [1.29, 1.82) is 0 Å². The predicted molar refractivity (Wildman–Crippen MR) is 83.4 cm³/mol. The molecular formula is C15H22N2O2S. The van der Waals surface area contributed by atoms with Crippen LogP contribution in [-0.4, -0.2) is 37.2 Å². The van der Waals surface area contributed by atoms with Gasteiger partial charge in [-0.25, -0.2) is 0 Å². The molecule has 1 aromatic carbocycles. The molecule has 5 heteroatoms. The van der Waals surface area contributed by atoms with Gasteiger partial charge in [-0.15, -0.1) is 11.8 Å². The second-order valence-corrected chi connectivity index (χ2v) is 6.09. The van der Waals surface area contributed by atoms with Gasteiger partial charge in [0, 0.05) is 18.2 Å². The molecule has 2 N–H and O–H groups in total. The van der Waals surface area contributed by atoms with Crippen LogP contribution < -0.4 is 15.4 Å². The number of benzene rings is 1. The minimum Gasteiger partial charge on any atom is -0.496 e. The zero-order valence-corrected chi connectivity index (χ0v) is 13.1. The molecule has 1 aromatic rings. The molecule has 1 aliphatic rings. The van der Waals surface area contributed by atoms with Gasteiger partial charge in [0.15, 0.2) is 0 Å². The first-order valence-electron chi connectivity index (χ1n) is 6.84. The van der Waals surface area contributed by atoms with Crippen molar-refractivity contribution in [2.45, 2.75) is 26.3 Å². The molecule has 0 aromatic heterocycles. The van der Waals surface area contributed by atoms with E-state index in [1.807, 2.05) is 6.92 Å². The van der Waals surface area contributed by atoms with Gasteiger partial charge in [0.05, 0.1) is 13.2 Å². The topological polar surface area (TPSA) is 50.4 Å². The number of thioether (sulfide) groups is 1. The van der Waals surface area contributed by atoms with E-state index in [1.54, 1.807) is 18.9 Å². The van der Waals surface area contributed by atoms with Gasteiger partial charge in [-0.3, -0.25) is 10.1 Å². The van der Waals surface area contributed by atoms with E-state index >= 15 is 0 Å². The van der Waals surface area contributed by atoms with Gasteiger partial charge in [-0.2, -0.15) is 0 Å². The van der Waals surface area contributed by atoms with Crippen LogP contribution in [0.1, 0.15) is 16.7 Å². The monoisotopic (exact) mass is 294 g/mol. The molecule has 110 valence electrons. The fraction of sp³-hybridized carbons (Fsp3) is 0.533. The predicted octanol–water partition coefficient (Wildman–Crippen LogP) is 1.63. The first-order chi connectivity index (χ1) is 9.61. The molecule has 1 amide bonds. The number of hydrogen-bond donors (Lipinski definition) is 2. The molecule has 0 radical (unpaired) electrons. The highest BCUT2D eigenvalue weighted by atomic mass is 32.2. The number of rotatable bonds is 5. The Morgan fingerprint density at radius 2 is 2.25 bits per heavy atom. The summed E-state index contributed by atoms with van der Waals surface area (Å²) in [5.41, 5.74) is 3.60. The lowest BCUT2D eigenvalue weighted by molar-refractivity contribution is -0.122. The third kappa shape index (κ3) is 3.67. The summed E-state index contributed by atoms with van der Waals surface area (Å²) in [6.45, 7) is 4.79. The Hall–Kier alpha value is -1.20. The zero-order valence-electron chi connectivity index (χ0n) is 12.3. The molecule has 0 saturated carbocycles. The first kappa shape index (κ1) is 15.2. The van der Waals surface area contributed by atoms with Crippen molar-refractivity contribution in [3.05, 3.63) is 28.8 Å². The first-order valence-corrected chi connectivity index (χ1v) is 8.00. The lowest BCUT2D eigenvalue weighted by atomic mass is 10.0. The van der Waals surface area contributed by atoms with Gasteiger partial charge >= 0.3 is 0 Å². The lowest BCUT2D eigenvalue weighted by Gasteiger charge is -2.13. The molecule has 4 nitrogen and oxygen atoms in total. The largest absolute Gasteiger partial charge is 0.496 e. The van der Waals surface area contributed by atoms with E-state index in [1.165, 1.54) is 11.1 Å². The van der Waals surface area contributed by atoms with E-state index in [2.05, 4.69) is 29.7 Å². The van der Waals surface area contributed by atoms with E-state index in [-0.39, 0.29) is 11.9 Å². The highest BCUT2D eigenvalue weighted by Gasteiger charge is 2.21. The minimum absolute atomic E-state index is 0.0290. The Labute approximate surface area is 124 Å². The second-order valence-electron chi connectivity index (χ2n) is 5.06. The SMILES string of the molecule is COc1cc(C)c(CCNC(=O)C2CSCN2)cc1C. The normalized spacial score (nSPS) is 18.1. The molecule has 1 atom stereocenters. The lowest BCUT2D eigenvalue weighted by Crippen LogP contribution is -2.42. The minimum atomic E-state index is -0.0290. The summed E-state index contributed by atoms with van der Waals surface area (Å²) in [6.07, 6.45) is 0.849. The van der Waals surface area contributed by atoms with E-state index < -0.39 is 0 Å². The van der Waals surface area contributed by atoms with Crippen molar-refractivity contribution in [2.24, 2.45) is 0 Å². The quantitative estimate of drug-likeness (QED) is 0.867. The number of ether oxygens (including phenoxy) is 1. The third-order valence-electron chi connectivity index (χ3n) is 3.58. The van der Waals surface area contributed by atoms with Crippen molar-refractivity contribution in [2.75, 3.05) is 25.3 Å². The van der Waals surface area contributed by atoms with Gasteiger partial charge in [0.2, 0.25) is 5.91 Å². The summed E-state index contributed by atoms with van der Waals surface area (Å²) in [5, 5.41) is 6.18. The molecule has 1 unspecified atom stereocenters. The Morgan fingerprint density at radius 1 is 1.45 bits per heavy atom. The van der Waals surface area contributed by atoms with Gasteiger partial charge < -0.3 is 10.1 Å². The maximum absolute atomic E-state index is 11.9. The molecule has 1 fully saturated rings. The summed E-state index contributed by atoms with van der Waals surface area (Å²) in [5.74, 6) is 2.77. The third-order valence-corrected chi connectivity index (χ3v) is 4.52. The van der Waals surface area contributed by atoms with Crippen LogP contribution in [0, 0.1) is 13.8 Å². The molecule has 1 aliphatic heterocycles. The van der Waals surface area contributed by atoms with Crippen LogP contribution in [0.4, 0.5) is 0 Å². The zero-order chi connectivity index (χ0) is 14.5. The maximum atomic E-state index is 11.9. The van der Waals surface area contributed by atoms with Crippen molar-refractivity contribution in [3.63, 3.8) is 0 Å². The Kier molecular flexibility index (Phi) is 5.31. The summed E-state index contributed by atoms with van der Waals surface area (Å²) in [7, 11) is 1.69. The number of hydrogen-bond acceptors (Lipinski definition) is 4. The van der Waals surface area contributed by atoms with Crippen LogP contribution >= 0.6 is 11.8 Å². The molecule has 20 heavy (non-hydrogen) atoms. The summed E-state index contributed by atoms with van der Waals surface area (Å²) < 4.78 is 5.31. The Balaban J connectivity index is 1.87. The van der Waals surface area contributed by atoms with Crippen LogP contribution in [0.25, 0.3) is 0 Å². The molecule has 1 heterocycles. The van der Waals surface area contributed by atoms with E-state index in [9.17, 15) is 4.79 Å². The maximum Gasteiger partial charge on any atom is 0.238 e. The summed E-state index contributed by atoms with van der Waals surface area (Å²) in [4.78, 5) is 11.9. The second kappa shape index (κ2) is 6.99. The van der Waals surface area contributed by atoms with Crippen LogP contribution in [0.2, 0.25) is 0 Å². The average Bonchev–Trinajstić information content (AvgIpc) is 2.96. The number of amides is 1. The fourth-order valence-corrected chi connectivity index (χ4v) is 3.29. The number of aryl methyl sites for hydroxylation is 2. The molecule has 2 rings (SSSR count). The molecular weight excluding hydrogens is 272 g/mol. The van der Waals surface area contributed by atoms with Crippen LogP contribution in [0.15, 0.2) is 12.1 Å². The molecule has 0 bridgehead atoms. The van der Waals surface area contributed by atoms with Crippen molar-refractivity contribution >= 4 is 17.7 Å². The summed E-state index contributed by atoms with van der Waals surface area (Å²) >= 11 is 1.76. The van der Waals surface area contributed by atoms with Gasteiger partial charge in [0.25, 0.3) is 0 Å².